The molecular weight excluding hydrogens is 379 g/mol. The molecule has 3 nitrogen and oxygen atoms in total. The van der Waals surface area contributed by atoms with Gasteiger partial charge in [0.25, 0.3) is 0 Å². The molecule has 0 aliphatic rings. The van der Waals surface area contributed by atoms with E-state index in [-0.39, 0.29) is 12.8 Å². The van der Waals surface area contributed by atoms with Gasteiger partial charge in [0.05, 0.1) is 0 Å². The lowest BCUT2D eigenvalue weighted by molar-refractivity contribution is -0.136. The average molecular weight is 406 g/mol. The minimum absolute atomic E-state index is 0.0943. The normalized spacial score (nSPS) is 10.8. The maximum atomic E-state index is 14.2. The van der Waals surface area contributed by atoms with E-state index in [0.717, 1.165) is 18.4 Å². The Kier molecular flexibility index (Phi) is 7.23. The van der Waals surface area contributed by atoms with E-state index >= 15 is 0 Å². The van der Waals surface area contributed by atoms with E-state index in [1.165, 1.54) is 28.3 Å². The molecule has 0 spiro atoms. The monoisotopic (exact) mass is 406 g/mol. The molecule has 0 amide bonds. The summed E-state index contributed by atoms with van der Waals surface area (Å²) >= 11 is 0. The van der Waals surface area contributed by atoms with E-state index < -0.39 is 11.8 Å². The fraction of sp³-hybridized carbons (Fsp3) is 0.269. The Morgan fingerprint density at radius 2 is 1.63 bits per heavy atom. The predicted octanol–water partition coefficient (Wildman–Crippen LogP) is 6.21. The van der Waals surface area contributed by atoms with Crippen LogP contribution in [0.15, 0.2) is 60.7 Å². The summed E-state index contributed by atoms with van der Waals surface area (Å²) in [5.74, 6) is -0.947. The summed E-state index contributed by atoms with van der Waals surface area (Å²) in [6.07, 6.45) is 2.01. The highest BCUT2D eigenvalue weighted by atomic mass is 19.1. The van der Waals surface area contributed by atoms with Crippen molar-refractivity contribution in [2.24, 2.45) is 0 Å². The molecule has 30 heavy (non-hydrogen) atoms. The van der Waals surface area contributed by atoms with E-state index in [2.05, 4.69) is 44.2 Å². The van der Waals surface area contributed by atoms with Crippen molar-refractivity contribution in [3.63, 3.8) is 0 Å². The highest BCUT2D eigenvalue weighted by molar-refractivity contribution is 5.72. The van der Waals surface area contributed by atoms with E-state index in [1.54, 1.807) is 12.1 Å². The van der Waals surface area contributed by atoms with Crippen LogP contribution < -0.4 is 4.74 Å². The Bertz CT molecular complexity index is 1000. The van der Waals surface area contributed by atoms with E-state index in [1.807, 2.05) is 12.1 Å². The van der Waals surface area contributed by atoms with Crippen molar-refractivity contribution in [3.05, 3.63) is 88.7 Å². The third kappa shape index (κ3) is 5.26. The van der Waals surface area contributed by atoms with Gasteiger partial charge in [-0.2, -0.15) is 0 Å². The molecule has 0 unspecified atom stereocenters. The van der Waals surface area contributed by atoms with Gasteiger partial charge in [0.2, 0.25) is 0 Å². The minimum atomic E-state index is -0.939. The van der Waals surface area contributed by atoms with Crippen LogP contribution in [0.5, 0.6) is 5.75 Å². The zero-order valence-electron chi connectivity index (χ0n) is 17.5. The lowest BCUT2D eigenvalue weighted by atomic mass is 9.91. The average Bonchev–Trinajstić information content (AvgIpc) is 2.76. The second-order valence-corrected chi connectivity index (χ2v) is 7.29. The molecule has 0 aromatic heterocycles. The number of hydrogen-bond donors (Lipinski definition) is 1. The quantitative estimate of drug-likeness (QED) is 0.459. The van der Waals surface area contributed by atoms with Gasteiger partial charge < -0.3 is 9.84 Å². The molecular formula is C26H27FO3. The summed E-state index contributed by atoms with van der Waals surface area (Å²) in [6.45, 7) is 4.66. The van der Waals surface area contributed by atoms with Crippen molar-refractivity contribution in [3.8, 4) is 16.9 Å². The van der Waals surface area contributed by atoms with Gasteiger partial charge >= 0.3 is 5.97 Å². The first kappa shape index (κ1) is 21.6. The molecule has 0 saturated carbocycles. The number of ether oxygens (including phenoxy) is 1. The summed E-state index contributed by atoms with van der Waals surface area (Å²) in [5, 5.41) is 8.75. The van der Waals surface area contributed by atoms with Gasteiger partial charge in [0.15, 0.2) is 0 Å². The van der Waals surface area contributed by atoms with Crippen LogP contribution in [-0.4, -0.2) is 11.1 Å². The maximum Gasteiger partial charge on any atom is 0.303 e. The Morgan fingerprint density at radius 1 is 0.933 bits per heavy atom. The molecule has 1 N–H and O–H groups in total. The molecule has 0 fully saturated rings. The Hall–Kier alpha value is -3.14. The van der Waals surface area contributed by atoms with Gasteiger partial charge in [-0.15, -0.1) is 0 Å². The van der Waals surface area contributed by atoms with Crippen molar-refractivity contribution in [2.45, 2.75) is 46.1 Å². The number of carboxylic acid groups (broad SMARTS) is 1. The van der Waals surface area contributed by atoms with E-state index in [4.69, 9.17) is 9.84 Å². The number of rotatable bonds is 9. The Labute approximate surface area is 177 Å². The molecule has 3 aromatic carbocycles. The smallest absolute Gasteiger partial charge is 0.303 e. The van der Waals surface area contributed by atoms with Crippen LogP contribution in [0.25, 0.3) is 11.1 Å². The maximum absolute atomic E-state index is 14.2. The summed E-state index contributed by atoms with van der Waals surface area (Å²) in [4.78, 5) is 10.7. The predicted molar refractivity (Wildman–Crippen MR) is 117 cm³/mol. The largest absolute Gasteiger partial charge is 0.489 e. The SMILES string of the molecule is CCc1cccc(CC)c1-c1cccc(COc2ccc(CCC(=O)O)c(F)c2)c1. The topological polar surface area (TPSA) is 46.5 Å². The molecule has 0 atom stereocenters. The fourth-order valence-corrected chi connectivity index (χ4v) is 3.66. The summed E-state index contributed by atoms with van der Waals surface area (Å²) in [6, 6.07) is 19.3. The first-order valence-corrected chi connectivity index (χ1v) is 10.3. The van der Waals surface area contributed by atoms with Gasteiger partial charge in [-0.1, -0.05) is 56.3 Å². The fourth-order valence-electron chi connectivity index (χ4n) is 3.66. The highest BCUT2D eigenvalue weighted by Crippen LogP contribution is 2.30. The van der Waals surface area contributed by atoms with E-state index in [9.17, 15) is 9.18 Å². The van der Waals surface area contributed by atoms with E-state index in [0.29, 0.717) is 17.9 Å². The minimum Gasteiger partial charge on any atom is -0.489 e. The summed E-state index contributed by atoms with van der Waals surface area (Å²) < 4.78 is 20.0. The third-order valence-corrected chi connectivity index (χ3v) is 5.25. The zero-order valence-corrected chi connectivity index (χ0v) is 17.5. The van der Waals surface area contributed by atoms with Gasteiger partial charge in [0, 0.05) is 12.5 Å². The molecule has 156 valence electrons. The van der Waals surface area contributed by atoms with Crippen LogP contribution in [0, 0.1) is 5.82 Å². The second kappa shape index (κ2) is 10.1. The van der Waals surface area contributed by atoms with Crippen LogP contribution in [0.2, 0.25) is 0 Å². The standard InChI is InChI=1S/C26H27FO3/c1-3-19-8-6-9-20(4-2)26(19)22-10-5-7-18(15-22)17-30-23-13-11-21(24(27)16-23)12-14-25(28)29/h5-11,13,15-16H,3-4,12,14,17H2,1-2H3,(H,28,29). The zero-order chi connectivity index (χ0) is 21.5. The third-order valence-electron chi connectivity index (χ3n) is 5.25. The Balaban J connectivity index is 1.76. The van der Waals surface area contributed by atoms with Gasteiger partial charge in [-0.3, -0.25) is 4.79 Å². The lowest BCUT2D eigenvalue weighted by Crippen LogP contribution is -2.01. The van der Waals surface area contributed by atoms with Gasteiger partial charge in [0.1, 0.15) is 18.2 Å². The molecule has 0 bridgehead atoms. The molecule has 0 aliphatic carbocycles. The molecule has 0 aliphatic heterocycles. The van der Waals surface area contributed by atoms with Crippen molar-refractivity contribution >= 4 is 5.97 Å². The Morgan fingerprint density at radius 3 is 2.27 bits per heavy atom. The number of hydrogen-bond acceptors (Lipinski definition) is 2. The highest BCUT2D eigenvalue weighted by Gasteiger charge is 2.10. The van der Waals surface area contributed by atoms with Crippen LogP contribution in [0.1, 0.15) is 42.5 Å². The van der Waals surface area contributed by atoms with Crippen LogP contribution in [0.4, 0.5) is 4.39 Å². The van der Waals surface area contributed by atoms with Crippen LogP contribution in [0.3, 0.4) is 0 Å². The molecule has 3 aromatic rings. The summed E-state index contributed by atoms with van der Waals surface area (Å²) in [5.41, 5.74) is 6.50. The number of aliphatic carboxylic acids is 1. The summed E-state index contributed by atoms with van der Waals surface area (Å²) in [7, 11) is 0. The number of benzene rings is 3. The molecule has 0 saturated heterocycles. The van der Waals surface area contributed by atoms with Crippen molar-refractivity contribution in [1.29, 1.82) is 0 Å². The van der Waals surface area contributed by atoms with Crippen molar-refractivity contribution in [1.82, 2.24) is 0 Å². The first-order valence-electron chi connectivity index (χ1n) is 10.3. The van der Waals surface area contributed by atoms with Crippen molar-refractivity contribution in [2.75, 3.05) is 0 Å². The number of aryl methyl sites for hydroxylation is 3. The molecule has 3 rings (SSSR count). The molecule has 0 radical (unpaired) electrons. The van der Waals surface area contributed by atoms with Crippen molar-refractivity contribution < 1.29 is 19.0 Å². The van der Waals surface area contributed by atoms with Crippen LogP contribution in [-0.2, 0) is 30.7 Å². The van der Waals surface area contributed by atoms with Crippen LogP contribution >= 0.6 is 0 Å². The second-order valence-electron chi connectivity index (χ2n) is 7.29. The first-order chi connectivity index (χ1) is 14.5. The van der Waals surface area contributed by atoms with Gasteiger partial charge in [-0.25, -0.2) is 4.39 Å². The number of carboxylic acids is 1. The molecule has 0 heterocycles. The number of carbonyl (C=O) groups is 1. The number of halogens is 1. The van der Waals surface area contributed by atoms with Gasteiger partial charge in [-0.05, 0) is 64.8 Å². The lowest BCUT2D eigenvalue weighted by Gasteiger charge is -2.15. The molecule has 4 heteroatoms.